The van der Waals surface area contributed by atoms with Gasteiger partial charge in [0.2, 0.25) is 0 Å². The number of halogens is 1. The second kappa shape index (κ2) is 8.32. The topological polar surface area (TPSA) is 63.2 Å². The molecule has 0 fully saturated rings. The van der Waals surface area contributed by atoms with Crippen LogP contribution in [-0.2, 0) is 20.4 Å². The molecule has 1 aliphatic heterocycles. The largest absolute Gasteiger partial charge is 0.320 e. The van der Waals surface area contributed by atoms with Crippen molar-refractivity contribution in [2.24, 2.45) is 0 Å². The summed E-state index contributed by atoms with van der Waals surface area (Å²) in [5.74, 6) is -0.723. The molecule has 7 heteroatoms. The standard InChI is InChI=1S/C24H20FNO3S2/c1-15-4-3-5-16(2)20(15)14-31(28,29)19-10-11-21-22(13-19)30-23(24(27)26-21)12-17-6-8-18(25)9-7-17/h3-13H,14H2,1-2H3,(H,26,27)/b23-12-. The fourth-order valence-corrected chi connectivity index (χ4v) is 6.03. The lowest BCUT2D eigenvalue weighted by Gasteiger charge is -2.20. The summed E-state index contributed by atoms with van der Waals surface area (Å²) in [4.78, 5) is 13.7. The molecule has 1 aliphatic rings. The summed E-state index contributed by atoms with van der Waals surface area (Å²) in [6, 6.07) is 16.3. The average molecular weight is 454 g/mol. The minimum atomic E-state index is -3.57. The van der Waals surface area contributed by atoms with Crippen LogP contribution in [0.15, 0.2) is 75.4 Å². The Morgan fingerprint density at radius 3 is 2.35 bits per heavy atom. The minimum absolute atomic E-state index is 0.0837. The number of hydrogen-bond donors (Lipinski definition) is 1. The SMILES string of the molecule is Cc1cccc(C)c1CS(=O)(=O)c1ccc2c(c1)S/C(=C\c1ccc(F)cc1)C(=O)N2. The van der Waals surface area contributed by atoms with Crippen LogP contribution in [0.25, 0.3) is 6.08 Å². The number of nitrogens with one attached hydrogen (secondary N) is 1. The van der Waals surface area contributed by atoms with E-state index < -0.39 is 9.84 Å². The summed E-state index contributed by atoms with van der Waals surface area (Å²) in [6.07, 6.45) is 1.65. The second-order valence-corrected chi connectivity index (χ2v) is 10.5. The molecule has 3 aromatic rings. The fraction of sp³-hybridized carbons (Fsp3) is 0.125. The van der Waals surface area contributed by atoms with E-state index in [0.29, 0.717) is 21.1 Å². The van der Waals surface area contributed by atoms with Gasteiger partial charge in [-0.3, -0.25) is 4.79 Å². The first-order valence-corrected chi connectivity index (χ1v) is 12.1. The monoisotopic (exact) mass is 453 g/mol. The van der Waals surface area contributed by atoms with E-state index in [0.717, 1.165) is 16.7 Å². The summed E-state index contributed by atoms with van der Waals surface area (Å²) in [5.41, 5.74) is 3.93. The van der Waals surface area contributed by atoms with Gasteiger partial charge in [-0.25, -0.2) is 12.8 Å². The van der Waals surface area contributed by atoms with Crippen molar-refractivity contribution in [1.29, 1.82) is 0 Å². The van der Waals surface area contributed by atoms with Crippen LogP contribution in [0.5, 0.6) is 0 Å². The number of carbonyl (C=O) groups excluding carboxylic acids is 1. The molecule has 0 saturated heterocycles. The van der Waals surface area contributed by atoms with Crippen LogP contribution in [-0.4, -0.2) is 14.3 Å². The minimum Gasteiger partial charge on any atom is -0.320 e. The van der Waals surface area contributed by atoms with Crippen LogP contribution in [0.2, 0.25) is 0 Å². The molecule has 4 rings (SSSR count). The highest BCUT2D eigenvalue weighted by atomic mass is 32.2. The third-order valence-corrected chi connectivity index (χ3v) is 7.87. The van der Waals surface area contributed by atoms with Crippen LogP contribution in [0.4, 0.5) is 10.1 Å². The van der Waals surface area contributed by atoms with Crippen LogP contribution < -0.4 is 5.32 Å². The zero-order valence-electron chi connectivity index (χ0n) is 17.0. The number of anilines is 1. The van der Waals surface area contributed by atoms with Crippen molar-refractivity contribution in [2.45, 2.75) is 29.4 Å². The van der Waals surface area contributed by atoms with Gasteiger partial charge in [-0.05, 0) is 72.5 Å². The molecule has 0 bridgehead atoms. The Kier molecular flexibility index (Phi) is 5.73. The van der Waals surface area contributed by atoms with E-state index in [1.165, 1.54) is 30.0 Å². The number of carbonyl (C=O) groups is 1. The maximum Gasteiger partial charge on any atom is 0.262 e. The molecule has 0 spiro atoms. The first-order valence-electron chi connectivity index (χ1n) is 9.61. The Balaban J connectivity index is 1.65. The number of fused-ring (bicyclic) bond motifs is 1. The van der Waals surface area contributed by atoms with Crippen molar-refractivity contribution in [2.75, 3.05) is 5.32 Å². The molecular weight excluding hydrogens is 433 g/mol. The maximum atomic E-state index is 13.1. The highest BCUT2D eigenvalue weighted by molar-refractivity contribution is 8.04. The van der Waals surface area contributed by atoms with Crippen LogP contribution in [0.3, 0.4) is 0 Å². The molecule has 1 N–H and O–H groups in total. The highest BCUT2D eigenvalue weighted by Crippen LogP contribution is 2.40. The number of aryl methyl sites for hydroxylation is 2. The molecule has 3 aromatic carbocycles. The molecule has 1 heterocycles. The zero-order chi connectivity index (χ0) is 22.2. The van der Waals surface area contributed by atoms with Gasteiger partial charge in [0.05, 0.1) is 21.2 Å². The Morgan fingerprint density at radius 1 is 1.00 bits per heavy atom. The maximum absolute atomic E-state index is 13.1. The number of thioether (sulfide) groups is 1. The molecule has 0 unspecified atom stereocenters. The molecule has 31 heavy (non-hydrogen) atoms. The van der Waals surface area contributed by atoms with Crippen molar-refractivity contribution in [3.63, 3.8) is 0 Å². The fourth-order valence-electron chi connectivity index (χ4n) is 3.39. The number of sulfone groups is 1. The van der Waals surface area contributed by atoms with Crippen LogP contribution >= 0.6 is 11.8 Å². The van der Waals surface area contributed by atoms with E-state index in [4.69, 9.17) is 0 Å². The quantitative estimate of drug-likeness (QED) is 0.530. The first-order chi connectivity index (χ1) is 14.7. The average Bonchev–Trinajstić information content (AvgIpc) is 2.73. The van der Waals surface area contributed by atoms with Crippen molar-refractivity contribution in [1.82, 2.24) is 0 Å². The molecule has 0 radical (unpaired) electrons. The lowest BCUT2D eigenvalue weighted by atomic mass is 10.1. The van der Waals surface area contributed by atoms with E-state index in [9.17, 15) is 17.6 Å². The molecule has 4 nitrogen and oxygen atoms in total. The van der Waals surface area contributed by atoms with Gasteiger partial charge in [0, 0.05) is 4.90 Å². The Bertz CT molecular complexity index is 1290. The van der Waals surface area contributed by atoms with E-state index in [1.54, 1.807) is 30.3 Å². The van der Waals surface area contributed by atoms with Gasteiger partial charge < -0.3 is 5.32 Å². The van der Waals surface area contributed by atoms with Crippen molar-refractivity contribution < 1.29 is 17.6 Å². The van der Waals surface area contributed by atoms with Gasteiger partial charge in [0.1, 0.15) is 5.82 Å². The number of rotatable bonds is 4. The Hall–Kier alpha value is -2.90. The van der Waals surface area contributed by atoms with Gasteiger partial charge in [0.15, 0.2) is 9.84 Å². The molecule has 1 amide bonds. The third kappa shape index (κ3) is 4.57. The van der Waals surface area contributed by atoms with Crippen molar-refractivity contribution in [3.8, 4) is 0 Å². The van der Waals surface area contributed by atoms with Crippen LogP contribution in [0.1, 0.15) is 22.3 Å². The zero-order valence-corrected chi connectivity index (χ0v) is 18.6. The Labute approximate surface area is 185 Å². The number of benzene rings is 3. The normalized spacial score (nSPS) is 14.9. The molecule has 0 aromatic heterocycles. The lowest BCUT2D eigenvalue weighted by molar-refractivity contribution is -0.112. The predicted molar refractivity (Wildman–Crippen MR) is 122 cm³/mol. The molecule has 0 aliphatic carbocycles. The third-order valence-electron chi connectivity index (χ3n) is 5.15. The van der Waals surface area contributed by atoms with Gasteiger partial charge in [-0.15, -0.1) is 0 Å². The summed E-state index contributed by atoms with van der Waals surface area (Å²) >= 11 is 1.20. The number of hydrogen-bond acceptors (Lipinski definition) is 4. The van der Waals surface area contributed by atoms with Crippen LogP contribution in [0, 0.1) is 19.7 Å². The van der Waals surface area contributed by atoms with Crippen molar-refractivity contribution >= 4 is 39.3 Å². The van der Waals surface area contributed by atoms with E-state index >= 15 is 0 Å². The molecule has 0 atom stereocenters. The summed E-state index contributed by atoms with van der Waals surface area (Å²) in [7, 11) is -3.57. The summed E-state index contributed by atoms with van der Waals surface area (Å²) in [6.45, 7) is 3.81. The second-order valence-electron chi connectivity index (χ2n) is 7.40. The van der Waals surface area contributed by atoms with Gasteiger partial charge in [-0.2, -0.15) is 0 Å². The summed E-state index contributed by atoms with van der Waals surface area (Å²) in [5, 5.41) is 2.79. The van der Waals surface area contributed by atoms with E-state index in [-0.39, 0.29) is 22.4 Å². The van der Waals surface area contributed by atoms with Gasteiger partial charge >= 0.3 is 0 Å². The van der Waals surface area contributed by atoms with Gasteiger partial charge in [-0.1, -0.05) is 42.1 Å². The van der Waals surface area contributed by atoms with E-state index in [1.807, 2.05) is 32.0 Å². The first kappa shape index (κ1) is 21.3. The highest BCUT2D eigenvalue weighted by Gasteiger charge is 2.25. The van der Waals surface area contributed by atoms with E-state index in [2.05, 4.69) is 5.32 Å². The smallest absolute Gasteiger partial charge is 0.262 e. The number of amides is 1. The predicted octanol–water partition coefficient (Wildman–Crippen LogP) is 5.50. The summed E-state index contributed by atoms with van der Waals surface area (Å²) < 4.78 is 39.4. The Morgan fingerprint density at radius 2 is 1.68 bits per heavy atom. The van der Waals surface area contributed by atoms with Gasteiger partial charge in [0.25, 0.3) is 5.91 Å². The lowest BCUT2D eigenvalue weighted by Crippen LogP contribution is -2.17. The molecule has 0 saturated carbocycles. The molecule has 158 valence electrons. The molecular formula is C24H20FNO3S2. The van der Waals surface area contributed by atoms with Crippen molar-refractivity contribution in [3.05, 3.63) is 93.6 Å².